The van der Waals surface area contributed by atoms with Gasteiger partial charge in [-0.05, 0) is 19.3 Å². The maximum Gasteiger partial charge on any atom is 0.220 e. The Morgan fingerprint density at radius 2 is 1.88 bits per heavy atom. The van der Waals surface area contributed by atoms with E-state index in [2.05, 4.69) is 5.32 Å². The molecule has 0 aromatic rings. The number of alkyl halides is 2. The Bertz CT molecular complexity index is 223. The van der Waals surface area contributed by atoms with Crippen molar-refractivity contribution in [2.45, 2.75) is 51.0 Å². The highest BCUT2D eigenvalue weighted by Gasteiger charge is 2.24. The van der Waals surface area contributed by atoms with Crippen molar-refractivity contribution in [1.29, 1.82) is 0 Å². The van der Waals surface area contributed by atoms with Gasteiger partial charge in [-0.3, -0.25) is 4.79 Å². The van der Waals surface area contributed by atoms with Gasteiger partial charge < -0.3 is 5.32 Å². The van der Waals surface area contributed by atoms with E-state index in [0.717, 1.165) is 12.3 Å². The van der Waals surface area contributed by atoms with Crippen molar-refractivity contribution in [2.24, 2.45) is 5.92 Å². The van der Waals surface area contributed by atoms with Crippen LogP contribution >= 0.6 is 23.2 Å². The van der Waals surface area contributed by atoms with Gasteiger partial charge in [-0.25, -0.2) is 0 Å². The van der Waals surface area contributed by atoms with Crippen LogP contribution in [0.3, 0.4) is 0 Å². The third-order valence-electron chi connectivity index (χ3n) is 3.29. The Balaban J connectivity index is 2.24. The largest absolute Gasteiger partial charge is 0.349 e. The zero-order valence-corrected chi connectivity index (χ0v) is 11.4. The second-order valence-corrected chi connectivity index (χ2v) is 5.60. The first-order valence-electron chi connectivity index (χ1n) is 6.02. The highest BCUT2D eigenvalue weighted by atomic mass is 35.5. The smallest absolute Gasteiger partial charge is 0.220 e. The monoisotopic (exact) mass is 265 g/mol. The molecule has 1 N–H and O–H groups in total. The molecule has 1 fully saturated rings. The van der Waals surface area contributed by atoms with E-state index in [0.29, 0.717) is 18.2 Å². The van der Waals surface area contributed by atoms with Crippen molar-refractivity contribution >= 4 is 29.1 Å². The van der Waals surface area contributed by atoms with E-state index in [-0.39, 0.29) is 5.91 Å². The maximum atomic E-state index is 11.7. The number of carbonyl (C=O) groups is 1. The van der Waals surface area contributed by atoms with E-state index in [1.165, 1.54) is 25.7 Å². The molecule has 0 atom stereocenters. The van der Waals surface area contributed by atoms with Crippen LogP contribution in [0.1, 0.15) is 45.4 Å². The first-order chi connectivity index (χ1) is 7.59. The minimum Gasteiger partial charge on any atom is -0.349 e. The lowest BCUT2D eigenvalue weighted by Gasteiger charge is -2.26. The predicted octanol–water partition coefficient (Wildman–Crippen LogP) is 3.31. The second kappa shape index (κ2) is 6.70. The molecule has 94 valence electrons. The summed E-state index contributed by atoms with van der Waals surface area (Å²) in [5.41, 5.74) is -0.462. The molecular weight excluding hydrogens is 245 g/mol. The van der Waals surface area contributed by atoms with Gasteiger partial charge in [-0.15, -0.1) is 23.2 Å². The van der Waals surface area contributed by atoms with Gasteiger partial charge in [0, 0.05) is 18.2 Å². The van der Waals surface area contributed by atoms with E-state index in [1.807, 2.05) is 6.92 Å². The molecule has 0 heterocycles. The van der Waals surface area contributed by atoms with Crippen LogP contribution in [0.15, 0.2) is 0 Å². The van der Waals surface area contributed by atoms with Gasteiger partial charge in [0.25, 0.3) is 0 Å². The minimum absolute atomic E-state index is 0.0794. The van der Waals surface area contributed by atoms with Crippen molar-refractivity contribution in [3.05, 3.63) is 0 Å². The van der Waals surface area contributed by atoms with Crippen molar-refractivity contribution in [2.75, 3.05) is 11.8 Å². The summed E-state index contributed by atoms with van der Waals surface area (Å²) in [5.74, 6) is 1.54. The summed E-state index contributed by atoms with van der Waals surface area (Å²) in [4.78, 5) is 11.7. The average molecular weight is 266 g/mol. The molecule has 1 amide bonds. The summed E-state index contributed by atoms with van der Waals surface area (Å²) in [6.07, 6.45) is 6.84. The molecule has 0 bridgehead atoms. The average Bonchev–Trinajstić information content (AvgIpc) is 2.79. The maximum absolute atomic E-state index is 11.7. The minimum atomic E-state index is -0.462. The number of nitrogens with one attached hydrogen (secondary N) is 1. The molecule has 1 aliphatic carbocycles. The van der Waals surface area contributed by atoms with Crippen LogP contribution in [0.4, 0.5) is 0 Å². The van der Waals surface area contributed by atoms with Crippen LogP contribution < -0.4 is 5.32 Å². The summed E-state index contributed by atoms with van der Waals surface area (Å²) < 4.78 is 0. The standard InChI is InChI=1S/C12H21Cl2NO/c1-12(8-13,9-14)15-11(16)7-6-10-4-2-3-5-10/h10H,2-9H2,1H3,(H,15,16). The molecular formula is C12H21Cl2NO. The molecule has 0 aromatic heterocycles. The molecule has 1 rings (SSSR count). The van der Waals surface area contributed by atoms with Gasteiger partial charge in [-0.1, -0.05) is 25.7 Å². The highest BCUT2D eigenvalue weighted by Crippen LogP contribution is 2.28. The molecule has 0 spiro atoms. The van der Waals surface area contributed by atoms with Gasteiger partial charge >= 0.3 is 0 Å². The first-order valence-corrected chi connectivity index (χ1v) is 7.09. The van der Waals surface area contributed by atoms with Gasteiger partial charge in [0.1, 0.15) is 0 Å². The summed E-state index contributed by atoms with van der Waals surface area (Å²) in [6.45, 7) is 1.88. The number of carbonyl (C=O) groups excluding carboxylic acids is 1. The molecule has 0 aromatic carbocycles. The molecule has 0 radical (unpaired) electrons. The zero-order chi connectivity index (χ0) is 12.0. The Kier molecular flexibility index (Phi) is 5.91. The lowest BCUT2D eigenvalue weighted by atomic mass is 10.0. The van der Waals surface area contributed by atoms with Crippen LogP contribution in [-0.2, 0) is 4.79 Å². The fourth-order valence-corrected chi connectivity index (χ4v) is 2.56. The van der Waals surface area contributed by atoms with E-state index in [4.69, 9.17) is 23.2 Å². The molecule has 1 aliphatic rings. The number of hydrogen-bond acceptors (Lipinski definition) is 1. The van der Waals surface area contributed by atoms with Gasteiger partial charge in [0.2, 0.25) is 5.91 Å². The van der Waals surface area contributed by atoms with Crippen LogP contribution in [0.25, 0.3) is 0 Å². The molecule has 2 nitrogen and oxygen atoms in total. The van der Waals surface area contributed by atoms with E-state index < -0.39 is 5.54 Å². The summed E-state index contributed by atoms with van der Waals surface area (Å²) in [5, 5.41) is 2.91. The zero-order valence-electron chi connectivity index (χ0n) is 9.90. The quantitative estimate of drug-likeness (QED) is 0.734. The second-order valence-electron chi connectivity index (χ2n) is 5.07. The molecule has 0 aliphatic heterocycles. The SMILES string of the molecule is CC(CCl)(CCl)NC(=O)CCC1CCCC1. The molecule has 0 saturated heterocycles. The Hall–Kier alpha value is 0.0500. The van der Waals surface area contributed by atoms with Crippen molar-refractivity contribution in [3.63, 3.8) is 0 Å². The topological polar surface area (TPSA) is 29.1 Å². The molecule has 16 heavy (non-hydrogen) atoms. The van der Waals surface area contributed by atoms with E-state index in [1.54, 1.807) is 0 Å². The number of hydrogen-bond donors (Lipinski definition) is 1. The Morgan fingerprint density at radius 3 is 2.38 bits per heavy atom. The van der Waals surface area contributed by atoms with Crippen LogP contribution in [0.2, 0.25) is 0 Å². The fraction of sp³-hybridized carbons (Fsp3) is 0.917. The summed E-state index contributed by atoms with van der Waals surface area (Å²) in [7, 11) is 0. The van der Waals surface area contributed by atoms with Gasteiger partial charge in [-0.2, -0.15) is 0 Å². The Labute approximate surface area is 108 Å². The van der Waals surface area contributed by atoms with Gasteiger partial charge in [0.05, 0.1) is 5.54 Å². The lowest BCUT2D eigenvalue weighted by molar-refractivity contribution is -0.122. The predicted molar refractivity (Wildman–Crippen MR) is 69.2 cm³/mol. The lowest BCUT2D eigenvalue weighted by Crippen LogP contribution is -2.49. The van der Waals surface area contributed by atoms with Crippen LogP contribution in [-0.4, -0.2) is 23.2 Å². The number of amides is 1. The van der Waals surface area contributed by atoms with E-state index in [9.17, 15) is 4.79 Å². The molecule has 4 heteroatoms. The fourth-order valence-electron chi connectivity index (χ4n) is 2.14. The third kappa shape index (κ3) is 4.50. The molecule has 1 saturated carbocycles. The number of halogens is 2. The summed E-state index contributed by atoms with van der Waals surface area (Å²) >= 11 is 11.6. The Morgan fingerprint density at radius 1 is 1.31 bits per heavy atom. The third-order valence-corrected chi connectivity index (χ3v) is 4.47. The first kappa shape index (κ1) is 14.1. The van der Waals surface area contributed by atoms with Crippen LogP contribution in [0, 0.1) is 5.92 Å². The van der Waals surface area contributed by atoms with Crippen molar-refractivity contribution in [3.8, 4) is 0 Å². The van der Waals surface area contributed by atoms with Crippen molar-refractivity contribution in [1.82, 2.24) is 5.32 Å². The summed E-state index contributed by atoms with van der Waals surface area (Å²) in [6, 6.07) is 0. The van der Waals surface area contributed by atoms with E-state index >= 15 is 0 Å². The normalized spacial score (nSPS) is 17.7. The van der Waals surface area contributed by atoms with Crippen molar-refractivity contribution < 1.29 is 4.79 Å². The highest BCUT2D eigenvalue weighted by molar-refractivity contribution is 6.22. The number of rotatable bonds is 6. The molecule has 0 unspecified atom stereocenters. The van der Waals surface area contributed by atoms with Gasteiger partial charge in [0.15, 0.2) is 0 Å². The van der Waals surface area contributed by atoms with Crippen LogP contribution in [0.5, 0.6) is 0 Å².